The molecule has 3 aromatic heterocycles. The van der Waals surface area contributed by atoms with Crippen LogP contribution in [0.5, 0.6) is 11.5 Å². The first-order valence-corrected chi connectivity index (χ1v) is 21.6. The summed E-state index contributed by atoms with van der Waals surface area (Å²) in [4.78, 5) is 9.76. The van der Waals surface area contributed by atoms with Crippen molar-refractivity contribution in [3.05, 3.63) is 187 Å². The largest absolute Gasteiger partial charge is 0.457 e. The number of hydrogen-bond donors (Lipinski definition) is 0. The minimum Gasteiger partial charge on any atom is -0.457 e. The summed E-state index contributed by atoms with van der Waals surface area (Å²) >= 11 is 0. The monoisotopic (exact) mass is 807 g/mol. The van der Waals surface area contributed by atoms with Crippen molar-refractivity contribution >= 4 is 66.4 Å². The normalized spacial score (nSPS) is 13.2. The van der Waals surface area contributed by atoms with Gasteiger partial charge in [0.15, 0.2) is 0 Å². The number of fused-ring (bicyclic) bond motifs is 7. The first-order valence-electron chi connectivity index (χ1n) is 21.6. The van der Waals surface area contributed by atoms with Crippen LogP contribution in [0.1, 0.15) is 52.7 Å². The average molecular weight is 808 g/mol. The molecule has 304 valence electrons. The average Bonchev–Trinajstić information content (AvgIpc) is 3.94. The third-order valence-corrected chi connectivity index (χ3v) is 12.5. The highest BCUT2D eigenvalue weighted by Gasteiger charge is 2.30. The summed E-state index contributed by atoms with van der Waals surface area (Å²) < 4.78 is 11.6. The summed E-state index contributed by atoms with van der Waals surface area (Å²) in [7, 11) is 0. The van der Waals surface area contributed by atoms with Gasteiger partial charge in [-0.15, -0.1) is 0 Å². The van der Waals surface area contributed by atoms with Crippen LogP contribution in [-0.2, 0) is 10.8 Å². The number of nitrogens with zero attached hydrogens (tertiary/aromatic N) is 5. The van der Waals surface area contributed by atoms with Crippen molar-refractivity contribution in [2.45, 2.75) is 52.4 Å². The van der Waals surface area contributed by atoms with Crippen LogP contribution in [0.2, 0.25) is 0 Å². The zero-order valence-corrected chi connectivity index (χ0v) is 36.1. The molecule has 0 saturated carbocycles. The van der Waals surface area contributed by atoms with Crippen molar-refractivity contribution in [1.29, 1.82) is 0 Å². The minimum absolute atomic E-state index is 0.00925. The molecule has 0 N–H and O–H groups in total. The Labute approximate surface area is 362 Å². The summed E-state index contributed by atoms with van der Waals surface area (Å²) in [6.45, 7) is 14.2. The van der Waals surface area contributed by atoms with Gasteiger partial charge in [-0.2, -0.15) is 0 Å². The van der Waals surface area contributed by atoms with E-state index in [1.54, 1.807) is 0 Å². The Morgan fingerprint density at radius 3 is 1.69 bits per heavy atom. The first-order chi connectivity index (χ1) is 30.0. The predicted octanol–water partition coefficient (Wildman–Crippen LogP) is 14.9. The Bertz CT molecular complexity index is 3340. The Morgan fingerprint density at radius 2 is 1.00 bits per heavy atom. The second-order valence-corrected chi connectivity index (χ2v) is 18.6. The number of ether oxygens (including phenoxy) is 1. The van der Waals surface area contributed by atoms with E-state index in [2.05, 4.69) is 230 Å². The molecule has 0 aliphatic carbocycles. The maximum Gasteiger partial charge on any atom is 0.137 e. The molecule has 0 radical (unpaired) electrons. The molecule has 0 spiro atoms. The highest BCUT2D eigenvalue weighted by atomic mass is 16.5. The topological polar surface area (TPSA) is 38.5 Å². The molecule has 0 unspecified atom stereocenters. The molecule has 6 heteroatoms. The van der Waals surface area contributed by atoms with Gasteiger partial charge in [0.05, 0.1) is 33.4 Å². The second-order valence-electron chi connectivity index (χ2n) is 18.6. The maximum atomic E-state index is 6.94. The standard InChI is InChI=1S/C56H49N5O/c1-55(2,3)37-28-29-57-54(32-37)61-49-21-13-11-19-45(49)47-27-25-42(35-53(47)61)62-43-31-38(56(4,5)6)30-41(33-43)59-36-58(50-22-14-15-23-51(50)59)40-24-26-46-44-18-10-12-20-48(44)60(52(46)34-40)39-16-8-7-9-17-39/h7-35H,36H2,1-6H3. The maximum absolute atomic E-state index is 6.94. The van der Waals surface area contributed by atoms with Gasteiger partial charge in [0.1, 0.15) is 24.0 Å². The number of pyridine rings is 1. The van der Waals surface area contributed by atoms with Crippen LogP contribution < -0.4 is 14.5 Å². The summed E-state index contributed by atoms with van der Waals surface area (Å²) in [6.07, 6.45) is 1.93. The molecule has 1 aliphatic heterocycles. The Morgan fingerprint density at radius 1 is 0.419 bits per heavy atom. The lowest BCUT2D eigenvalue weighted by atomic mass is 9.86. The Kier molecular flexibility index (Phi) is 8.59. The van der Waals surface area contributed by atoms with Crippen molar-refractivity contribution in [2.75, 3.05) is 16.5 Å². The molecule has 0 atom stereocenters. The van der Waals surface area contributed by atoms with Crippen LogP contribution in [-0.4, -0.2) is 20.8 Å². The van der Waals surface area contributed by atoms with Crippen LogP contribution in [0.4, 0.5) is 22.7 Å². The predicted molar refractivity (Wildman–Crippen MR) is 259 cm³/mol. The smallest absolute Gasteiger partial charge is 0.137 e. The van der Waals surface area contributed by atoms with Gasteiger partial charge in [-0.3, -0.25) is 4.57 Å². The minimum atomic E-state index is -0.122. The quantitative estimate of drug-likeness (QED) is 0.168. The number of benzene rings is 7. The van der Waals surface area contributed by atoms with Gasteiger partial charge in [0, 0.05) is 56.9 Å². The molecule has 7 aromatic carbocycles. The van der Waals surface area contributed by atoms with Crippen LogP contribution in [0.25, 0.3) is 55.1 Å². The number of para-hydroxylation sites is 5. The highest BCUT2D eigenvalue weighted by Crippen LogP contribution is 2.47. The van der Waals surface area contributed by atoms with Crippen molar-refractivity contribution in [3.8, 4) is 23.0 Å². The summed E-state index contributed by atoms with van der Waals surface area (Å²) in [5.41, 5.74) is 12.6. The Balaban J connectivity index is 0.998. The van der Waals surface area contributed by atoms with E-state index >= 15 is 0 Å². The molecule has 1 aliphatic rings. The van der Waals surface area contributed by atoms with Gasteiger partial charge in [-0.1, -0.05) is 114 Å². The summed E-state index contributed by atoms with van der Waals surface area (Å²) in [5.74, 6) is 2.47. The van der Waals surface area contributed by atoms with E-state index in [9.17, 15) is 0 Å². The number of anilines is 4. The highest BCUT2D eigenvalue weighted by molar-refractivity contribution is 6.11. The van der Waals surface area contributed by atoms with E-state index in [-0.39, 0.29) is 10.8 Å². The molecular formula is C56H49N5O. The zero-order chi connectivity index (χ0) is 42.3. The van der Waals surface area contributed by atoms with Crippen LogP contribution in [0, 0.1) is 0 Å². The van der Waals surface area contributed by atoms with Gasteiger partial charge in [-0.25, -0.2) is 4.98 Å². The van der Waals surface area contributed by atoms with E-state index in [0.29, 0.717) is 6.67 Å². The van der Waals surface area contributed by atoms with Gasteiger partial charge >= 0.3 is 0 Å². The lowest BCUT2D eigenvalue weighted by molar-refractivity contribution is 0.479. The van der Waals surface area contributed by atoms with Crippen molar-refractivity contribution in [3.63, 3.8) is 0 Å². The fraction of sp³-hybridized carbons (Fsp3) is 0.161. The fourth-order valence-corrected chi connectivity index (χ4v) is 9.27. The molecular weight excluding hydrogens is 759 g/mol. The van der Waals surface area contributed by atoms with E-state index in [1.165, 1.54) is 44.0 Å². The molecule has 0 saturated heterocycles. The van der Waals surface area contributed by atoms with E-state index < -0.39 is 0 Å². The number of hydrogen-bond acceptors (Lipinski definition) is 4. The van der Waals surface area contributed by atoms with E-state index in [0.717, 1.165) is 56.5 Å². The van der Waals surface area contributed by atoms with Crippen molar-refractivity contribution in [1.82, 2.24) is 14.1 Å². The summed E-state index contributed by atoms with van der Waals surface area (Å²) in [6, 6.07) is 61.1. The van der Waals surface area contributed by atoms with Crippen molar-refractivity contribution in [2.24, 2.45) is 0 Å². The molecule has 0 amide bonds. The van der Waals surface area contributed by atoms with E-state index in [1.807, 2.05) is 6.20 Å². The SMILES string of the molecule is CC(C)(C)c1cc(Oc2ccc3c4ccccc4n(-c4cc(C(C)(C)C)ccn4)c3c2)cc(N2CN(c3ccc4c5ccccc5n(-c5ccccc5)c4c3)c3ccccc32)c1. The molecule has 11 rings (SSSR count). The molecule has 0 fully saturated rings. The molecule has 62 heavy (non-hydrogen) atoms. The fourth-order valence-electron chi connectivity index (χ4n) is 9.27. The summed E-state index contributed by atoms with van der Waals surface area (Å²) in [5, 5.41) is 4.84. The van der Waals surface area contributed by atoms with Crippen molar-refractivity contribution < 1.29 is 4.74 Å². The van der Waals surface area contributed by atoms with Gasteiger partial charge < -0.3 is 19.1 Å². The van der Waals surface area contributed by atoms with E-state index in [4.69, 9.17) is 9.72 Å². The molecule has 4 heterocycles. The second kappa shape index (κ2) is 14.1. The lowest BCUT2D eigenvalue weighted by Gasteiger charge is -2.26. The zero-order valence-electron chi connectivity index (χ0n) is 36.1. The van der Waals surface area contributed by atoms with Gasteiger partial charge in [-0.05, 0) is 107 Å². The van der Waals surface area contributed by atoms with Crippen LogP contribution >= 0.6 is 0 Å². The van der Waals surface area contributed by atoms with Crippen LogP contribution in [0.3, 0.4) is 0 Å². The number of rotatable bonds is 6. The third kappa shape index (κ3) is 6.28. The Hall–Kier alpha value is -7.31. The third-order valence-electron chi connectivity index (χ3n) is 12.5. The lowest BCUT2D eigenvalue weighted by Crippen LogP contribution is -2.24. The molecule has 0 bridgehead atoms. The van der Waals surface area contributed by atoms with Gasteiger partial charge in [0.25, 0.3) is 0 Å². The van der Waals surface area contributed by atoms with Gasteiger partial charge in [0.2, 0.25) is 0 Å². The molecule has 6 nitrogen and oxygen atoms in total. The number of aromatic nitrogens is 3. The molecule has 10 aromatic rings. The first kappa shape index (κ1) is 37.7. The van der Waals surface area contributed by atoms with Crippen LogP contribution in [0.15, 0.2) is 176 Å².